The lowest BCUT2D eigenvalue weighted by atomic mass is 9.87. The Balaban J connectivity index is 1.91. The summed E-state index contributed by atoms with van der Waals surface area (Å²) in [5.41, 5.74) is 2.45. The maximum absolute atomic E-state index is 10.7. The number of aliphatic hydroxyl groups excluding tert-OH is 3. The molecule has 0 amide bonds. The van der Waals surface area contributed by atoms with Crippen LogP contribution < -0.4 is 4.74 Å². The minimum atomic E-state index is -1.55. The van der Waals surface area contributed by atoms with Crippen LogP contribution in [0.15, 0.2) is 42.5 Å². The van der Waals surface area contributed by atoms with Crippen LogP contribution in [0.3, 0.4) is 0 Å². The molecule has 30 heavy (non-hydrogen) atoms. The summed E-state index contributed by atoms with van der Waals surface area (Å²) in [4.78, 5) is 0. The summed E-state index contributed by atoms with van der Waals surface area (Å²) in [6.45, 7) is 2.46. The highest BCUT2D eigenvalue weighted by molar-refractivity contribution is 6.31. The van der Waals surface area contributed by atoms with Crippen molar-refractivity contribution in [3.63, 3.8) is 0 Å². The van der Waals surface area contributed by atoms with Gasteiger partial charge in [-0.3, -0.25) is 0 Å². The highest BCUT2D eigenvalue weighted by Crippen LogP contribution is 2.41. The quantitative estimate of drug-likeness (QED) is 0.589. The standard InChI is InChI=1S/C23H29ClO6/c1-3-29-18-7-4-15(5-8-18)12-16-13-17(6-9-20(16)24)23(28-2)22(27)21(26)14-19(30-23)10-11-25/h4-9,13,19,21-22,25-27H,3,10-12,14H2,1-2H3/t19?,21?,22-,23+/m1/s1. The van der Waals surface area contributed by atoms with E-state index in [-0.39, 0.29) is 13.0 Å². The number of hydrogen-bond donors (Lipinski definition) is 3. The van der Waals surface area contributed by atoms with Crippen LogP contribution in [0.25, 0.3) is 0 Å². The van der Waals surface area contributed by atoms with Gasteiger partial charge in [-0.05, 0) is 55.2 Å². The Kier molecular flexibility index (Phi) is 7.74. The smallest absolute Gasteiger partial charge is 0.224 e. The fourth-order valence-electron chi connectivity index (χ4n) is 3.88. The Labute approximate surface area is 182 Å². The number of rotatable bonds is 8. The zero-order valence-electron chi connectivity index (χ0n) is 17.3. The van der Waals surface area contributed by atoms with Crippen molar-refractivity contribution in [1.29, 1.82) is 0 Å². The van der Waals surface area contributed by atoms with E-state index in [2.05, 4.69) is 0 Å². The highest BCUT2D eigenvalue weighted by Gasteiger charge is 2.51. The molecule has 0 aliphatic carbocycles. The van der Waals surface area contributed by atoms with Crippen molar-refractivity contribution in [2.45, 2.75) is 50.3 Å². The number of benzene rings is 2. The van der Waals surface area contributed by atoms with Gasteiger partial charge in [-0.15, -0.1) is 0 Å². The topological polar surface area (TPSA) is 88.4 Å². The fourth-order valence-corrected chi connectivity index (χ4v) is 4.06. The molecule has 0 radical (unpaired) electrons. The van der Waals surface area contributed by atoms with Gasteiger partial charge in [0.15, 0.2) is 0 Å². The van der Waals surface area contributed by atoms with E-state index in [1.807, 2.05) is 37.3 Å². The average Bonchev–Trinajstić information content (AvgIpc) is 2.74. The van der Waals surface area contributed by atoms with E-state index in [9.17, 15) is 15.3 Å². The Morgan fingerprint density at radius 1 is 1.17 bits per heavy atom. The first-order valence-corrected chi connectivity index (χ1v) is 10.5. The van der Waals surface area contributed by atoms with E-state index in [1.165, 1.54) is 7.11 Å². The Morgan fingerprint density at radius 3 is 2.53 bits per heavy atom. The SMILES string of the molecule is CCOc1ccc(Cc2cc([C@]3(OC)OC(CCO)CC(O)[C@H]3O)ccc2Cl)cc1. The second kappa shape index (κ2) is 10.1. The van der Waals surface area contributed by atoms with Crippen LogP contribution in [0.5, 0.6) is 5.75 Å². The first-order chi connectivity index (χ1) is 14.4. The van der Waals surface area contributed by atoms with Gasteiger partial charge < -0.3 is 29.5 Å². The number of aliphatic hydroxyl groups is 3. The summed E-state index contributed by atoms with van der Waals surface area (Å²) in [5, 5.41) is 31.0. The third-order valence-corrected chi connectivity index (χ3v) is 5.80. The molecule has 6 nitrogen and oxygen atoms in total. The van der Waals surface area contributed by atoms with Gasteiger partial charge >= 0.3 is 0 Å². The van der Waals surface area contributed by atoms with Crippen LogP contribution in [0.1, 0.15) is 36.5 Å². The highest BCUT2D eigenvalue weighted by atomic mass is 35.5. The van der Waals surface area contributed by atoms with E-state index in [0.29, 0.717) is 30.0 Å². The van der Waals surface area contributed by atoms with Crippen molar-refractivity contribution in [2.24, 2.45) is 0 Å². The van der Waals surface area contributed by atoms with Gasteiger partial charge in [0.2, 0.25) is 5.79 Å². The zero-order valence-corrected chi connectivity index (χ0v) is 18.0. The van der Waals surface area contributed by atoms with E-state index >= 15 is 0 Å². The monoisotopic (exact) mass is 436 g/mol. The molecule has 3 N–H and O–H groups in total. The number of ether oxygens (including phenoxy) is 3. The van der Waals surface area contributed by atoms with Crippen molar-refractivity contribution >= 4 is 11.6 Å². The first kappa shape index (κ1) is 23.0. The van der Waals surface area contributed by atoms with Gasteiger partial charge in [-0.25, -0.2) is 0 Å². The molecule has 2 aromatic carbocycles. The second-order valence-electron chi connectivity index (χ2n) is 7.43. The lowest BCUT2D eigenvalue weighted by Gasteiger charge is -2.46. The van der Waals surface area contributed by atoms with Crippen LogP contribution in [-0.2, 0) is 21.7 Å². The Bertz CT molecular complexity index is 827. The van der Waals surface area contributed by atoms with E-state index in [4.69, 9.17) is 25.8 Å². The Hall–Kier alpha value is -1.67. The largest absolute Gasteiger partial charge is 0.494 e. The molecular weight excluding hydrogens is 408 g/mol. The zero-order chi connectivity index (χ0) is 21.7. The fraction of sp³-hybridized carbons (Fsp3) is 0.478. The molecule has 2 unspecified atom stereocenters. The summed E-state index contributed by atoms with van der Waals surface area (Å²) in [7, 11) is 1.43. The maximum atomic E-state index is 10.7. The summed E-state index contributed by atoms with van der Waals surface area (Å²) in [5.74, 6) is -0.738. The van der Waals surface area contributed by atoms with Gasteiger partial charge in [0, 0.05) is 30.7 Å². The third-order valence-electron chi connectivity index (χ3n) is 5.43. The molecule has 0 spiro atoms. The predicted octanol–water partition coefficient (Wildman–Crippen LogP) is 3.02. The molecule has 4 atom stereocenters. The predicted molar refractivity (Wildman–Crippen MR) is 114 cm³/mol. The summed E-state index contributed by atoms with van der Waals surface area (Å²) in [6.07, 6.45) is -1.64. The molecule has 7 heteroatoms. The molecule has 0 saturated carbocycles. The summed E-state index contributed by atoms with van der Waals surface area (Å²) >= 11 is 6.45. The van der Waals surface area contributed by atoms with Crippen molar-refractivity contribution < 1.29 is 29.5 Å². The van der Waals surface area contributed by atoms with E-state index in [0.717, 1.165) is 16.9 Å². The molecule has 1 aliphatic rings. The normalized spacial score (nSPS) is 26.5. The number of hydrogen-bond acceptors (Lipinski definition) is 6. The van der Waals surface area contributed by atoms with Crippen LogP contribution in [0.4, 0.5) is 0 Å². The lowest BCUT2D eigenvalue weighted by Crippen LogP contribution is -2.57. The van der Waals surface area contributed by atoms with Crippen molar-refractivity contribution in [2.75, 3.05) is 20.3 Å². The molecule has 1 fully saturated rings. The molecule has 0 bridgehead atoms. The lowest BCUT2D eigenvalue weighted by molar-refractivity contribution is -0.343. The van der Waals surface area contributed by atoms with Gasteiger partial charge in [-0.1, -0.05) is 29.8 Å². The molecule has 1 saturated heterocycles. The molecule has 3 rings (SSSR count). The maximum Gasteiger partial charge on any atom is 0.224 e. The Morgan fingerprint density at radius 2 is 1.90 bits per heavy atom. The third kappa shape index (κ3) is 4.80. The van der Waals surface area contributed by atoms with Crippen molar-refractivity contribution in [1.82, 2.24) is 0 Å². The van der Waals surface area contributed by atoms with Gasteiger partial charge in [-0.2, -0.15) is 0 Å². The van der Waals surface area contributed by atoms with Gasteiger partial charge in [0.25, 0.3) is 0 Å². The van der Waals surface area contributed by atoms with Crippen LogP contribution in [0, 0.1) is 0 Å². The number of halogens is 1. The van der Waals surface area contributed by atoms with Gasteiger partial charge in [0.05, 0.1) is 18.8 Å². The van der Waals surface area contributed by atoms with Crippen LogP contribution in [-0.4, -0.2) is 54.0 Å². The molecule has 1 heterocycles. The first-order valence-electron chi connectivity index (χ1n) is 10.1. The van der Waals surface area contributed by atoms with Crippen molar-refractivity contribution in [3.8, 4) is 5.75 Å². The molecule has 2 aromatic rings. The summed E-state index contributed by atoms with van der Waals surface area (Å²) in [6, 6.07) is 13.1. The van der Waals surface area contributed by atoms with Gasteiger partial charge in [0.1, 0.15) is 11.9 Å². The second-order valence-corrected chi connectivity index (χ2v) is 7.84. The van der Waals surface area contributed by atoms with E-state index < -0.39 is 24.1 Å². The minimum absolute atomic E-state index is 0.0864. The van der Waals surface area contributed by atoms with E-state index in [1.54, 1.807) is 12.1 Å². The summed E-state index contributed by atoms with van der Waals surface area (Å²) < 4.78 is 17.2. The minimum Gasteiger partial charge on any atom is -0.494 e. The molecule has 164 valence electrons. The molecular formula is C23H29ClO6. The van der Waals surface area contributed by atoms with Crippen LogP contribution in [0.2, 0.25) is 5.02 Å². The molecule has 1 aliphatic heterocycles. The van der Waals surface area contributed by atoms with Crippen molar-refractivity contribution in [3.05, 3.63) is 64.2 Å². The molecule has 0 aromatic heterocycles. The van der Waals surface area contributed by atoms with Crippen LogP contribution >= 0.6 is 11.6 Å². The number of methoxy groups -OCH3 is 1. The average molecular weight is 437 g/mol.